The molecule has 92 valence electrons. The van der Waals surface area contributed by atoms with Crippen LogP contribution in [0.15, 0.2) is 18.2 Å². The normalized spacial score (nSPS) is 15.9. The summed E-state index contributed by atoms with van der Waals surface area (Å²) >= 11 is 0. The number of hydrogen-bond acceptors (Lipinski definition) is 3. The van der Waals surface area contributed by atoms with E-state index < -0.39 is 0 Å². The lowest BCUT2D eigenvalue weighted by Gasteiger charge is -2.35. The molecule has 0 aliphatic carbocycles. The Labute approximate surface area is 102 Å². The molecule has 0 aromatic heterocycles. The number of nitrogens with zero attached hydrogens (tertiary/aromatic N) is 2. The first-order chi connectivity index (χ1) is 8.24. The van der Waals surface area contributed by atoms with Crippen LogP contribution < -0.4 is 10.2 Å². The third kappa shape index (κ3) is 2.52. The Bertz CT molecular complexity index is 398. The van der Waals surface area contributed by atoms with Crippen LogP contribution in [0.4, 0.5) is 11.4 Å². The lowest BCUT2D eigenvalue weighted by Crippen LogP contribution is -2.45. The first-order valence-electron chi connectivity index (χ1n) is 5.97. The van der Waals surface area contributed by atoms with E-state index in [0.29, 0.717) is 0 Å². The monoisotopic (exact) mass is 233 g/mol. The molecule has 1 aromatic carbocycles. The van der Waals surface area contributed by atoms with Crippen LogP contribution in [0.25, 0.3) is 0 Å². The van der Waals surface area contributed by atoms with Crippen LogP contribution in [0.1, 0.15) is 5.56 Å². The molecule has 0 spiro atoms. The first-order valence-corrected chi connectivity index (χ1v) is 5.97. The molecule has 0 bridgehead atoms. The van der Waals surface area contributed by atoms with E-state index >= 15 is 0 Å². The molecule has 1 saturated heterocycles. The highest BCUT2D eigenvalue weighted by atomic mass is 16.1. The molecule has 1 fully saturated rings. The van der Waals surface area contributed by atoms with Gasteiger partial charge in [0.15, 0.2) is 0 Å². The van der Waals surface area contributed by atoms with Gasteiger partial charge in [0.2, 0.25) is 6.41 Å². The zero-order valence-electron chi connectivity index (χ0n) is 10.4. The zero-order chi connectivity index (χ0) is 12.3. The van der Waals surface area contributed by atoms with Crippen molar-refractivity contribution in [2.45, 2.75) is 6.92 Å². The lowest BCUT2D eigenvalue weighted by molar-refractivity contribution is -0.118. The van der Waals surface area contributed by atoms with Crippen molar-refractivity contribution < 1.29 is 4.79 Å². The fourth-order valence-corrected chi connectivity index (χ4v) is 2.23. The highest BCUT2D eigenvalue weighted by molar-refractivity contribution is 5.61. The summed E-state index contributed by atoms with van der Waals surface area (Å²) in [6, 6.07) is 6.40. The molecule has 1 aromatic rings. The van der Waals surface area contributed by atoms with Gasteiger partial charge in [-0.05, 0) is 30.7 Å². The summed E-state index contributed by atoms with van der Waals surface area (Å²) in [5.74, 6) is 0. The molecular formula is C13H19N3O. The van der Waals surface area contributed by atoms with Crippen LogP contribution in [-0.2, 0) is 4.79 Å². The van der Waals surface area contributed by atoms with Crippen molar-refractivity contribution in [1.29, 1.82) is 0 Å². The standard InChI is InChI=1S/C13H19N3O/c1-11-9-12(14-2)3-4-13(11)16-7-5-15(10-17)6-8-16/h3-4,9-10,14H,5-8H2,1-2H3. The van der Waals surface area contributed by atoms with E-state index in [1.165, 1.54) is 11.3 Å². The maximum Gasteiger partial charge on any atom is 0.209 e. The largest absolute Gasteiger partial charge is 0.388 e. The van der Waals surface area contributed by atoms with E-state index in [2.05, 4.69) is 35.3 Å². The summed E-state index contributed by atoms with van der Waals surface area (Å²) in [7, 11) is 1.93. The summed E-state index contributed by atoms with van der Waals surface area (Å²) in [5, 5.41) is 3.14. The summed E-state index contributed by atoms with van der Waals surface area (Å²) in [6.07, 6.45) is 0.939. The van der Waals surface area contributed by atoms with Crippen LogP contribution >= 0.6 is 0 Å². The smallest absolute Gasteiger partial charge is 0.209 e. The predicted octanol–water partition coefficient (Wildman–Crippen LogP) is 1.32. The minimum Gasteiger partial charge on any atom is -0.388 e. The van der Waals surface area contributed by atoms with Crippen molar-refractivity contribution >= 4 is 17.8 Å². The van der Waals surface area contributed by atoms with Gasteiger partial charge >= 0.3 is 0 Å². The molecule has 0 unspecified atom stereocenters. The van der Waals surface area contributed by atoms with E-state index in [1.807, 2.05) is 11.9 Å². The van der Waals surface area contributed by atoms with Crippen molar-refractivity contribution in [2.75, 3.05) is 43.4 Å². The number of benzene rings is 1. The van der Waals surface area contributed by atoms with Crippen molar-refractivity contribution in [2.24, 2.45) is 0 Å². The molecule has 1 heterocycles. The number of aryl methyl sites for hydroxylation is 1. The Kier molecular flexibility index (Phi) is 3.52. The van der Waals surface area contributed by atoms with Crippen LogP contribution in [-0.4, -0.2) is 44.5 Å². The second-order valence-corrected chi connectivity index (χ2v) is 4.38. The van der Waals surface area contributed by atoms with Gasteiger partial charge in [-0.3, -0.25) is 4.79 Å². The highest BCUT2D eigenvalue weighted by Gasteiger charge is 2.16. The van der Waals surface area contributed by atoms with Crippen LogP contribution in [0.2, 0.25) is 0 Å². The molecule has 0 saturated carbocycles. The van der Waals surface area contributed by atoms with Gasteiger partial charge in [0.25, 0.3) is 0 Å². The number of anilines is 2. The van der Waals surface area contributed by atoms with E-state index in [1.54, 1.807) is 0 Å². The summed E-state index contributed by atoms with van der Waals surface area (Å²) in [5.41, 5.74) is 3.68. The Hall–Kier alpha value is -1.71. The average molecular weight is 233 g/mol. The van der Waals surface area contributed by atoms with E-state index in [-0.39, 0.29) is 0 Å². The molecule has 1 amide bonds. The van der Waals surface area contributed by atoms with Gasteiger partial charge < -0.3 is 15.1 Å². The van der Waals surface area contributed by atoms with Gasteiger partial charge in [-0.2, -0.15) is 0 Å². The summed E-state index contributed by atoms with van der Waals surface area (Å²) in [6.45, 7) is 5.59. The zero-order valence-corrected chi connectivity index (χ0v) is 10.4. The molecule has 4 nitrogen and oxygen atoms in total. The minimum atomic E-state index is 0.816. The van der Waals surface area contributed by atoms with Gasteiger partial charge in [-0.1, -0.05) is 0 Å². The maximum atomic E-state index is 10.7. The quantitative estimate of drug-likeness (QED) is 0.800. The fourth-order valence-electron chi connectivity index (χ4n) is 2.23. The number of carbonyl (C=O) groups is 1. The maximum absolute atomic E-state index is 10.7. The Morgan fingerprint density at radius 1 is 1.24 bits per heavy atom. The number of piperazine rings is 1. The van der Waals surface area contributed by atoms with Gasteiger partial charge in [-0.15, -0.1) is 0 Å². The highest BCUT2D eigenvalue weighted by Crippen LogP contribution is 2.24. The summed E-state index contributed by atoms with van der Waals surface area (Å²) < 4.78 is 0. The lowest BCUT2D eigenvalue weighted by atomic mass is 10.1. The predicted molar refractivity (Wildman–Crippen MR) is 70.6 cm³/mol. The third-order valence-corrected chi connectivity index (χ3v) is 3.29. The Morgan fingerprint density at radius 2 is 1.94 bits per heavy atom. The van der Waals surface area contributed by atoms with Crippen LogP contribution in [0.3, 0.4) is 0 Å². The SMILES string of the molecule is CNc1ccc(N2CCN(C=O)CC2)c(C)c1. The second-order valence-electron chi connectivity index (χ2n) is 4.38. The van der Waals surface area contributed by atoms with Crippen molar-refractivity contribution in [3.8, 4) is 0 Å². The molecule has 0 radical (unpaired) electrons. The number of nitrogens with one attached hydrogen (secondary N) is 1. The van der Waals surface area contributed by atoms with E-state index in [9.17, 15) is 4.79 Å². The number of carbonyl (C=O) groups excluding carboxylic acids is 1. The molecule has 1 aliphatic heterocycles. The minimum absolute atomic E-state index is 0.816. The van der Waals surface area contributed by atoms with Crippen molar-refractivity contribution in [1.82, 2.24) is 4.90 Å². The molecule has 17 heavy (non-hydrogen) atoms. The van der Waals surface area contributed by atoms with Crippen LogP contribution in [0, 0.1) is 6.92 Å². The number of rotatable bonds is 3. The van der Waals surface area contributed by atoms with Gasteiger partial charge in [0.05, 0.1) is 0 Å². The molecule has 2 rings (SSSR count). The van der Waals surface area contributed by atoms with Gasteiger partial charge in [0, 0.05) is 44.6 Å². The molecule has 0 atom stereocenters. The molecule has 1 N–H and O–H groups in total. The summed E-state index contributed by atoms with van der Waals surface area (Å²) in [4.78, 5) is 14.8. The van der Waals surface area contributed by atoms with E-state index in [0.717, 1.165) is 38.3 Å². The topological polar surface area (TPSA) is 35.6 Å². The second kappa shape index (κ2) is 5.08. The van der Waals surface area contributed by atoms with Crippen LogP contribution in [0.5, 0.6) is 0 Å². The van der Waals surface area contributed by atoms with Crippen molar-refractivity contribution in [3.05, 3.63) is 23.8 Å². The Balaban J connectivity index is 2.10. The van der Waals surface area contributed by atoms with Gasteiger partial charge in [0.1, 0.15) is 0 Å². The fraction of sp³-hybridized carbons (Fsp3) is 0.462. The molecule has 4 heteroatoms. The van der Waals surface area contributed by atoms with Crippen molar-refractivity contribution in [3.63, 3.8) is 0 Å². The molecule has 1 aliphatic rings. The first kappa shape index (κ1) is 11.8. The number of amides is 1. The van der Waals surface area contributed by atoms with Gasteiger partial charge in [-0.25, -0.2) is 0 Å². The van der Waals surface area contributed by atoms with E-state index in [4.69, 9.17) is 0 Å². The Morgan fingerprint density at radius 3 is 2.47 bits per heavy atom. The average Bonchev–Trinajstić information content (AvgIpc) is 2.39. The number of hydrogen-bond donors (Lipinski definition) is 1. The third-order valence-electron chi connectivity index (χ3n) is 3.29. The molecular weight excluding hydrogens is 214 g/mol.